The second-order valence-corrected chi connectivity index (χ2v) is 5.63. The topological polar surface area (TPSA) is 72.9 Å². The van der Waals surface area contributed by atoms with Crippen LogP contribution in [0.5, 0.6) is 0 Å². The number of nitrogens with two attached hydrogens (primary N) is 1. The summed E-state index contributed by atoms with van der Waals surface area (Å²) >= 11 is 0. The Balaban J connectivity index is 1.59. The number of hydrogen-bond acceptors (Lipinski definition) is 3. The second kappa shape index (κ2) is 4.39. The quantitative estimate of drug-likeness (QED) is 0.813. The summed E-state index contributed by atoms with van der Waals surface area (Å²) < 4.78 is 1.74. The predicted molar refractivity (Wildman–Crippen MR) is 67.4 cm³/mol. The number of rotatable bonds is 3. The zero-order valence-electron chi connectivity index (χ0n) is 10.7. The maximum Gasteiger partial charge on any atom is 0.225 e. The van der Waals surface area contributed by atoms with E-state index in [9.17, 15) is 4.79 Å². The normalized spacial score (nSPS) is 33.9. The van der Waals surface area contributed by atoms with Gasteiger partial charge >= 0.3 is 0 Å². The summed E-state index contributed by atoms with van der Waals surface area (Å²) in [6, 6.07) is 1.98. The molecule has 1 amide bonds. The number of amides is 1. The maximum absolute atomic E-state index is 12.2. The van der Waals surface area contributed by atoms with Crippen LogP contribution < -0.4 is 11.1 Å². The van der Waals surface area contributed by atoms with Gasteiger partial charge in [-0.25, -0.2) is 0 Å². The first-order valence-corrected chi connectivity index (χ1v) is 6.67. The average Bonchev–Trinajstić information content (AvgIpc) is 3.02. The van der Waals surface area contributed by atoms with Gasteiger partial charge in [0.25, 0.3) is 0 Å². The van der Waals surface area contributed by atoms with Crippen molar-refractivity contribution in [1.29, 1.82) is 0 Å². The molecule has 0 radical (unpaired) electrons. The zero-order valence-corrected chi connectivity index (χ0v) is 10.7. The highest BCUT2D eigenvalue weighted by molar-refractivity contribution is 5.80. The lowest BCUT2D eigenvalue weighted by molar-refractivity contribution is -0.127. The van der Waals surface area contributed by atoms with Crippen molar-refractivity contribution in [2.45, 2.75) is 31.8 Å². The Morgan fingerprint density at radius 3 is 2.94 bits per heavy atom. The van der Waals surface area contributed by atoms with Crippen molar-refractivity contribution >= 4 is 5.91 Å². The largest absolute Gasteiger partial charge is 0.350 e. The van der Waals surface area contributed by atoms with Crippen molar-refractivity contribution in [1.82, 2.24) is 15.1 Å². The molecule has 98 valence electrons. The lowest BCUT2D eigenvalue weighted by atomic mass is 9.84. The highest BCUT2D eigenvalue weighted by Gasteiger charge is 2.48. The van der Waals surface area contributed by atoms with Crippen LogP contribution in [0.25, 0.3) is 0 Å². The standard InChI is InChI=1S/C13H20N4O/c1-17-5-4-10(16-17)7-15-13(18)11-8-2-3-9(6-8)12(11)14/h4-5,8-9,11-12H,2-3,6-7,14H2,1H3,(H,15,18). The van der Waals surface area contributed by atoms with Gasteiger partial charge in [0.2, 0.25) is 5.91 Å². The van der Waals surface area contributed by atoms with E-state index in [-0.39, 0.29) is 17.9 Å². The lowest BCUT2D eigenvalue weighted by Crippen LogP contribution is -2.45. The van der Waals surface area contributed by atoms with E-state index < -0.39 is 0 Å². The number of hydrogen-bond donors (Lipinski definition) is 2. The monoisotopic (exact) mass is 248 g/mol. The summed E-state index contributed by atoms with van der Waals surface area (Å²) in [5, 5.41) is 7.22. The molecule has 2 saturated carbocycles. The van der Waals surface area contributed by atoms with Crippen LogP contribution >= 0.6 is 0 Å². The summed E-state index contributed by atoms with van der Waals surface area (Å²) in [6.45, 7) is 0.500. The molecule has 18 heavy (non-hydrogen) atoms. The smallest absolute Gasteiger partial charge is 0.225 e. The Kier molecular flexibility index (Phi) is 2.86. The molecule has 3 N–H and O–H groups in total. The summed E-state index contributed by atoms with van der Waals surface area (Å²) in [5.41, 5.74) is 7.05. The fraction of sp³-hybridized carbons (Fsp3) is 0.692. The van der Waals surface area contributed by atoms with Gasteiger partial charge in [-0.15, -0.1) is 0 Å². The summed E-state index contributed by atoms with van der Waals surface area (Å²) in [6.07, 6.45) is 5.39. The van der Waals surface area contributed by atoms with E-state index in [1.807, 2.05) is 19.3 Å². The molecule has 2 aliphatic rings. The van der Waals surface area contributed by atoms with Crippen molar-refractivity contribution in [3.05, 3.63) is 18.0 Å². The van der Waals surface area contributed by atoms with Gasteiger partial charge in [-0.3, -0.25) is 9.48 Å². The SMILES string of the molecule is Cn1ccc(CNC(=O)C2C3CCC(C3)C2N)n1. The zero-order chi connectivity index (χ0) is 12.7. The molecule has 4 unspecified atom stereocenters. The van der Waals surface area contributed by atoms with E-state index in [1.165, 1.54) is 12.8 Å². The molecule has 1 aromatic heterocycles. The molecule has 3 rings (SSSR count). The second-order valence-electron chi connectivity index (χ2n) is 5.63. The van der Waals surface area contributed by atoms with Crippen LogP contribution in [0, 0.1) is 17.8 Å². The molecule has 0 aromatic carbocycles. The van der Waals surface area contributed by atoms with Gasteiger partial charge in [0.05, 0.1) is 18.2 Å². The fourth-order valence-corrected chi connectivity index (χ4v) is 3.58. The van der Waals surface area contributed by atoms with E-state index in [0.717, 1.165) is 12.1 Å². The molecule has 1 heterocycles. The van der Waals surface area contributed by atoms with E-state index in [0.29, 0.717) is 18.4 Å². The summed E-state index contributed by atoms with van der Waals surface area (Å²) in [5.74, 6) is 1.21. The average molecular weight is 248 g/mol. The molecule has 0 spiro atoms. The fourth-order valence-electron chi connectivity index (χ4n) is 3.58. The summed E-state index contributed by atoms with van der Waals surface area (Å²) in [7, 11) is 1.87. The van der Waals surface area contributed by atoms with Crippen molar-refractivity contribution in [3.8, 4) is 0 Å². The van der Waals surface area contributed by atoms with Crippen molar-refractivity contribution < 1.29 is 4.79 Å². The number of aromatic nitrogens is 2. The maximum atomic E-state index is 12.2. The Hall–Kier alpha value is -1.36. The van der Waals surface area contributed by atoms with Crippen LogP contribution in [0.4, 0.5) is 0 Å². The van der Waals surface area contributed by atoms with Gasteiger partial charge < -0.3 is 11.1 Å². The van der Waals surface area contributed by atoms with Crippen molar-refractivity contribution in [3.63, 3.8) is 0 Å². The van der Waals surface area contributed by atoms with Gasteiger partial charge in [-0.2, -0.15) is 5.10 Å². The van der Waals surface area contributed by atoms with Crippen LogP contribution in [0.3, 0.4) is 0 Å². The Morgan fingerprint density at radius 1 is 1.56 bits per heavy atom. The minimum atomic E-state index is 0.0208. The highest BCUT2D eigenvalue weighted by Crippen LogP contribution is 2.47. The van der Waals surface area contributed by atoms with Gasteiger partial charge in [-0.05, 0) is 37.2 Å². The first-order valence-electron chi connectivity index (χ1n) is 6.67. The van der Waals surface area contributed by atoms with E-state index in [2.05, 4.69) is 10.4 Å². The van der Waals surface area contributed by atoms with Gasteiger partial charge in [0.1, 0.15) is 0 Å². The minimum absolute atomic E-state index is 0.0208. The molecular weight excluding hydrogens is 228 g/mol. The summed E-state index contributed by atoms with van der Waals surface area (Å²) in [4.78, 5) is 12.2. The molecule has 2 bridgehead atoms. The van der Waals surface area contributed by atoms with Crippen LogP contribution in [-0.2, 0) is 18.4 Å². The van der Waals surface area contributed by atoms with Crippen LogP contribution in [-0.4, -0.2) is 21.7 Å². The number of nitrogens with zero attached hydrogens (tertiary/aromatic N) is 2. The molecule has 0 aliphatic heterocycles. The Morgan fingerprint density at radius 2 is 2.33 bits per heavy atom. The number of nitrogens with one attached hydrogen (secondary N) is 1. The highest BCUT2D eigenvalue weighted by atomic mass is 16.1. The molecule has 4 atom stereocenters. The molecule has 5 nitrogen and oxygen atoms in total. The first kappa shape index (κ1) is 11.7. The Bertz CT molecular complexity index is 454. The third-order valence-corrected chi connectivity index (χ3v) is 4.50. The van der Waals surface area contributed by atoms with Gasteiger partial charge in [-0.1, -0.05) is 0 Å². The van der Waals surface area contributed by atoms with E-state index in [4.69, 9.17) is 5.73 Å². The molecule has 1 aromatic rings. The number of fused-ring (bicyclic) bond motifs is 2. The van der Waals surface area contributed by atoms with Crippen LogP contribution in [0.15, 0.2) is 12.3 Å². The van der Waals surface area contributed by atoms with Crippen molar-refractivity contribution in [2.75, 3.05) is 0 Å². The number of aryl methyl sites for hydroxylation is 1. The molecular formula is C13H20N4O. The molecule has 2 fully saturated rings. The predicted octanol–water partition coefficient (Wildman–Crippen LogP) is 0.410. The van der Waals surface area contributed by atoms with E-state index in [1.54, 1.807) is 4.68 Å². The molecule has 2 aliphatic carbocycles. The third kappa shape index (κ3) is 1.92. The lowest BCUT2D eigenvalue weighted by Gasteiger charge is -2.26. The Labute approximate surface area is 107 Å². The van der Waals surface area contributed by atoms with Gasteiger partial charge in [0.15, 0.2) is 0 Å². The van der Waals surface area contributed by atoms with E-state index >= 15 is 0 Å². The van der Waals surface area contributed by atoms with Crippen LogP contribution in [0.2, 0.25) is 0 Å². The van der Waals surface area contributed by atoms with Gasteiger partial charge in [0, 0.05) is 19.3 Å². The molecule has 5 heteroatoms. The number of carbonyl (C=O) groups excluding carboxylic acids is 1. The van der Waals surface area contributed by atoms with Crippen molar-refractivity contribution in [2.24, 2.45) is 30.5 Å². The first-order chi connectivity index (χ1) is 8.65. The minimum Gasteiger partial charge on any atom is -0.350 e. The number of carbonyl (C=O) groups is 1. The van der Waals surface area contributed by atoms with Crippen LogP contribution in [0.1, 0.15) is 25.0 Å². The third-order valence-electron chi connectivity index (χ3n) is 4.50. The molecule has 0 saturated heterocycles.